The minimum absolute atomic E-state index is 0.112. The molecule has 1 N–H and O–H groups in total. The molecule has 216 valence electrons. The van der Waals surface area contributed by atoms with Crippen molar-refractivity contribution in [3.05, 3.63) is 89.5 Å². The number of aryl methyl sites for hydroxylation is 1. The average molecular weight is 584 g/mol. The first-order valence-electron chi connectivity index (χ1n) is 13.9. The highest BCUT2D eigenvalue weighted by molar-refractivity contribution is 8.00. The number of carbonyl (C=O) groups excluding carboxylic acids is 2. The molecule has 0 unspecified atom stereocenters. The molecule has 1 aromatic heterocycles. The standard InChI is InChI=1S/C32H33N5O4S/c1-21-9-12-24(13-10-21)37-32-29(30(34-37)22-7-5-4-6-8-22)31(23-11-14-25-26(17-23)41-20-40-25)42-19-28(39)36(32)18-27(38)33-15-16-35(2)3/h4-14,17,31H,15-16,18-20H2,1-3H3,(H,33,38)/t31-/m0/s1. The molecule has 0 bridgehead atoms. The number of likely N-dealkylation sites (N-methyl/N-ethyl adjacent to an activating group) is 1. The number of hydrogen-bond acceptors (Lipinski definition) is 7. The molecule has 6 rings (SSSR count). The van der Waals surface area contributed by atoms with Crippen LogP contribution in [0, 0.1) is 6.92 Å². The van der Waals surface area contributed by atoms with Gasteiger partial charge in [0.05, 0.1) is 22.4 Å². The smallest absolute Gasteiger partial charge is 0.240 e. The van der Waals surface area contributed by atoms with E-state index in [1.165, 1.54) is 11.8 Å². The Bertz CT molecular complexity index is 1600. The van der Waals surface area contributed by atoms with Gasteiger partial charge in [0.25, 0.3) is 0 Å². The van der Waals surface area contributed by atoms with Crippen molar-refractivity contribution >= 4 is 29.4 Å². The van der Waals surface area contributed by atoms with Crippen LogP contribution in [0.2, 0.25) is 0 Å². The van der Waals surface area contributed by atoms with E-state index in [4.69, 9.17) is 14.6 Å². The maximum atomic E-state index is 13.9. The van der Waals surface area contributed by atoms with E-state index in [0.29, 0.717) is 30.4 Å². The Morgan fingerprint density at radius 3 is 2.57 bits per heavy atom. The largest absolute Gasteiger partial charge is 0.454 e. The zero-order valence-electron chi connectivity index (χ0n) is 23.9. The number of amides is 2. The molecule has 0 spiro atoms. The van der Waals surface area contributed by atoms with Gasteiger partial charge in [-0.05, 0) is 50.8 Å². The molecule has 4 aromatic rings. The summed E-state index contributed by atoms with van der Waals surface area (Å²) in [7, 11) is 3.91. The summed E-state index contributed by atoms with van der Waals surface area (Å²) in [6.07, 6.45) is 0. The van der Waals surface area contributed by atoms with Crippen molar-refractivity contribution in [2.45, 2.75) is 12.2 Å². The monoisotopic (exact) mass is 583 g/mol. The van der Waals surface area contributed by atoms with Crippen LogP contribution in [0.3, 0.4) is 0 Å². The molecule has 10 heteroatoms. The Morgan fingerprint density at radius 2 is 1.81 bits per heavy atom. The van der Waals surface area contributed by atoms with Crippen molar-refractivity contribution in [1.82, 2.24) is 20.0 Å². The van der Waals surface area contributed by atoms with Crippen LogP contribution in [-0.2, 0) is 9.59 Å². The lowest BCUT2D eigenvalue weighted by molar-refractivity contribution is -0.122. The SMILES string of the molecule is Cc1ccc(-n2nc(-c3ccccc3)c3c2N(CC(=O)NCCN(C)C)C(=O)CS[C@H]3c2ccc3c(c2)OCO3)cc1. The number of carbonyl (C=O) groups is 2. The summed E-state index contributed by atoms with van der Waals surface area (Å²) in [6, 6.07) is 23.9. The van der Waals surface area contributed by atoms with Gasteiger partial charge in [0.1, 0.15) is 12.4 Å². The Hall–Kier alpha value is -4.28. The molecule has 0 fully saturated rings. The van der Waals surface area contributed by atoms with Crippen LogP contribution >= 0.6 is 11.8 Å². The van der Waals surface area contributed by atoms with E-state index in [9.17, 15) is 9.59 Å². The Labute approximate surface area is 249 Å². The van der Waals surface area contributed by atoms with Crippen molar-refractivity contribution in [2.24, 2.45) is 0 Å². The van der Waals surface area contributed by atoms with E-state index in [2.05, 4.69) is 5.32 Å². The van der Waals surface area contributed by atoms with Crippen LogP contribution in [0.15, 0.2) is 72.8 Å². The van der Waals surface area contributed by atoms with E-state index in [1.54, 1.807) is 4.90 Å². The highest BCUT2D eigenvalue weighted by Crippen LogP contribution is 2.50. The number of nitrogens with one attached hydrogen (secondary N) is 1. The lowest BCUT2D eigenvalue weighted by Gasteiger charge is -2.23. The second-order valence-corrected chi connectivity index (χ2v) is 11.7. The van der Waals surface area contributed by atoms with Crippen LogP contribution in [0.25, 0.3) is 16.9 Å². The molecule has 0 saturated carbocycles. The summed E-state index contributed by atoms with van der Waals surface area (Å²) in [4.78, 5) is 30.7. The second-order valence-electron chi connectivity index (χ2n) is 10.6. The number of aromatic nitrogens is 2. The molecule has 2 amide bonds. The fraction of sp³-hybridized carbons (Fsp3) is 0.281. The Balaban J connectivity index is 1.54. The normalized spacial score (nSPS) is 16.0. The molecule has 1 atom stereocenters. The predicted octanol–water partition coefficient (Wildman–Crippen LogP) is 4.42. The zero-order valence-corrected chi connectivity index (χ0v) is 24.7. The first kappa shape index (κ1) is 27.9. The van der Waals surface area contributed by atoms with Crippen molar-refractivity contribution in [2.75, 3.05) is 51.2 Å². The van der Waals surface area contributed by atoms with E-state index in [1.807, 2.05) is 103 Å². The summed E-state index contributed by atoms with van der Waals surface area (Å²) in [5, 5.41) is 7.86. The fourth-order valence-corrected chi connectivity index (χ4v) is 6.34. The minimum Gasteiger partial charge on any atom is -0.454 e. The van der Waals surface area contributed by atoms with Crippen LogP contribution in [-0.4, -0.2) is 72.8 Å². The Morgan fingerprint density at radius 1 is 1.05 bits per heavy atom. The molecule has 2 aliphatic heterocycles. The van der Waals surface area contributed by atoms with Gasteiger partial charge in [0.15, 0.2) is 11.5 Å². The number of ether oxygens (including phenoxy) is 2. The van der Waals surface area contributed by atoms with E-state index in [0.717, 1.165) is 33.6 Å². The summed E-state index contributed by atoms with van der Waals surface area (Å²) >= 11 is 1.53. The van der Waals surface area contributed by atoms with E-state index < -0.39 is 0 Å². The molecular formula is C32H33N5O4S. The summed E-state index contributed by atoms with van der Waals surface area (Å²) in [5.74, 6) is 1.79. The number of thioether (sulfide) groups is 1. The molecule has 3 heterocycles. The van der Waals surface area contributed by atoms with Crippen molar-refractivity contribution in [3.63, 3.8) is 0 Å². The molecule has 0 saturated heterocycles. The van der Waals surface area contributed by atoms with Gasteiger partial charge in [-0.1, -0.05) is 54.1 Å². The third kappa shape index (κ3) is 5.60. The number of anilines is 1. The van der Waals surface area contributed by atoms with Crippen molar-refractivity contribution < 1.29 is 19.1 Å². The van der Waals surface area contributed by atoms with Gasteiger partial charge >= 0.3 is 0 Å². The lowest BCUT2D eigenvalue weighted by Crippen LogP contribution is -2.43. The maximum Gasteiger partial charge on any atom is 0.240 e. The van der Waals surface area contributed by atoms with Gasteiger partial charge in [-0.25, -0.2) is 4.68 Å². The molecule has 9 nitrogen and oxygen atoms in total. The highest BCUT2D eigenvalue weighted by Gasteiger charge is 2.38. The minimum atomic E-state index is -0.255. The molecular weight excluding hydrogens is 550 g/mol. The first-order chi connectivity index (χ1) is 20.4. The number of rotatable bonds is 8. The van der Waals surface area contributed by atoms with E-state index in [-0.39, 0.29) is 36.2 Å². The molecule has 0 radical (unpaired) electrons. The first-order valence-corrected chi connectivity index (χ1v) is 14.9. The van der Waals surface area contributed by atoms with Crippen LogP contribution in [0.1, 0.15) is 21.9 Å². The quantitative estimate of drug-likeness (QED) is 0.329. The van der Waals surface area contributed by atoms with Gasteiger partial charge in [0, 0.05) is 24.2 Å². The molecule has 2 aliphatic rings. The zero-order chi connectivity index (χ0) is 29.2. The third-order valence-corrected chi connectivity index (χ3v) is 8.55. The van der Waals surface area contributed by atoms with Gasteiger partial charge in [-0.15, -0.1) is 11.8 Å². The molecule has 0 aliphatic carbocycles. The topological polar surface area (TPSA) is 88.9 Å². The Kier molecular flexibility index (Phi) is 7.90. The van der Waals surface area contributed by atoms with Gasteiger partial charge in [-0.3, -0.25) is 14.5 Å². The summed E-state index contributed by atoms with van der Waals surface area (Å²) < 4.78 is 13.1. The number of fused-ring (bicyclic) bond motifs is 2. The molecule has 3 aromatic carbocycles. The van der Waals surface area contributed by atoms with Crippen LogP contribution in [0.4, 0.5) is 5.82 Å². The number of benzene rings is 3. The van der Waals surface area contributed by atoms with E-state index >= 15 is 0 Å². The summed E-state index contributed by atoms with van der Waals surface area (Å²) in [5.41, 5.74) is 5.45. The highest BCUT2D eigenvalue weighted by atomic mass is 32.2. The lowest BCUT2D eigenvalue weighted by atomic mass is 9.99. The summed E-state index contributed by atoms with van der Waals surface area (Å²) in [6.45, 7) is 3.29. The predicted molar refractivity (Wildman–Crippen MR) is 165 cm³/mol. The fourth-order valence-electron chi connectivity index (χ4n) is 5.15. The number of nitrogens with zero attached hydrogens (tertiary/aromatic N) is 4. The number of hydrogen-bond donors (Lipinski definition) is 1. The van der Waals surface area contributed by atoms with Crippen molar-refractivity contribution in [1.29, 1.82) is 0 Å². The average Bonchev–Trinajstić information content (AvgIpc) is 3.58. The van der Waals surface area contributed by atoms with Crippen molar-refractivity contribution in [3.8, 4) is 28.4 Å². The van der Waals surface area contributed by atoms with Crippen LogP contribution in [0.5, 0.6) is 11.5 Å². The third-order valence-electron chi connectivity index (χ3n) is 7.30. The van der Waals surface area contributed by atoms with Gasteiger partial charge < -0.3 is 19.7 Å². The second kappa shape index (κ2) is 11.9. The van der Waals surface area contributed by atoms with Gasteiger partial charge in [-0.2, -0.15) is 5.10 Å². The van der Waals surface area contributed by atoms with Gasteiger partial charge in [0.2, 0.25) is 18.6 Å². The van der Waals surface area contributed by atoms with Crippen LogP contribution < -0.4 is 19.7 Å². The maximum absolute atomic E-state index is 13.9. The molecule has 42 heavy (non-hydrogen) atoms.